The van der Waals surface area contributed by atoms with Crippen LogP contribution in [0.5, 0.6) is 0 Å². The topological polar surface area (TPSA) is 30.9 Å². The van der Waals surface area contributed by atoms with Gasteiger partial charge in [0, 0.05) is 24.5 Å². The van der Waals surface area contributed by atoms with Crippen LogP contribution in [0.15, 0.2) is 12.3 Å². The maximum Gasteiger partial charge on any atom is 0.0312 e. The molecule has 1 aromatic rings. The lowest BCUT2D eigenvalue weighted by molar-refractivity contribution is 0.358. The van der Waals surface area contributed by atoms with Crippen LogP contribution in [0.2, 0.25) is 0 Å². The van der Waals surface area contributed by atoms with Crippen LogP contribution in [-0.4, -0.2) is 4.57 Å². The van der Waals surface area contributed by atoms with Gasteiger partial charge in [-0.1, -0.05) is 20.8 Å². The van der Waals surface area contributed by atoms with Gasteiger partial charge in [-0.3, -0.25) is 0 Å². The standard InChI is InChI=1S/C14H24N2/c1-10(2)11(3)9-16-8-7-12-13(15)5-4-6-14(12)16/h7-8,10-11,13H,4-6,9,15H2,1-3H3. The Morgan fingerprint density at radius 3 is 2.88 bits per heavy atom. The molecule has 2 atom stereocenters. The zero-order chi connectivity index (χ0) is 11.7. The van der Waals surface area contributed by atoms with E-state index in [9.17, 15) is 0 Å². The molecule has 0 aromatic carbocycles. The monoisotopic (exact) mass is 220 g/mol. The summed E-state index contributed by atoms with van der Waals surface area (Å²) < 4.78 is 2.43. The summed E-state index contributed by atoms with van der Waals surface area (Å²) in [6.07, 6.45) is 5.83. The van der Waals surface area contributed by atoms with Crippen molar-refractivity contribution in [2.75, 3.05) is 0 Å². The second-order valence-corrected chi connectivity index (χ2v) is 5.59. The Labute approximate surface area is 98.8 Å². The van der Waals surface area contributed by atoms with Crippen molar-refractivity contribution in [2.24, 2.45) is 17.6 Å². The first-order valence-corrected chi connectivity index (χ1v) is 6.53. The number of hydrogen-bond donors (Lipinski definition) is 1. The molecule has 2 unspecified atom stereocenters. The molecular formula is C14H24N2. The molecule has 2 nitrogen and oxygen atoms in total. The maximum atomic E-state index is 6.14. The molecule has 1 aliphatic carbocycles. The molecule has 0 saturated carbocycles. The fourth-order valence-electron chi connectivity index (χ4n) is 2.48. The summed E-state index contributed by atoms with van der Waals surface area (Å²) in [4.78, 5) is 0. The van der Waals surface area contributed by atoms with E-state index in [2.05, 4.69) is 37.6 Å². The zero-order valence-corrected chi connectivity index (χ0v) is 10.7. The minimum absolute atomic E-state index is 0.277. The van der Waals surface area contributed by atoms with Crippen LogP contribution in [-0.2, 0) is 13.0 Å². The average Bonchev–Trinajstić information content (AvgIpc) is 2.63. The lowest BCUT2D eigenvalue weighted by Crippen LogP contribution is -2.20. The maximum absolute atomic E-state index is 6.14. The first kappa shape index (κ1) is 11.7. The Bertz CT molecular complexity index is 352. The lowest BCUT2D eigenvalue weighted by Gasteiger charge is -2.23. The predicted molar refractivity (Wildman–Crippen MR) is 68.3 cm³/mol. The molecule has 2 rings (SSSR count). The minimum Gasteiger partial charge on any atom is -0.351 e. The summed E-state index contributed by atoms with van der Waals surface area (Å²) in [6.45, 7) is 8.07. The number of fused-ring (bicyclic) bond motifs is 1. The third-order valence-electron chi connectivity index (χ3n) is 4.06. The summed E-state index contributed by atoms with van der Waals surface area (Å²) in [7, 11) is 0. The normalized spacial score (nSPS) is 22.2. The molecule has 0 radical (unpaired) electrons. The van der Waals surface area contributed by atoms with Gasteiger partial charge in [0.05, 0.1) is 0 Å². The lowest BCUT2D eigenvalue weighted by atomic mass is 9.93. The third-order valence-corrected chi connectivity index (χ3v) is 4.06. The number of nitrogens with two attached hydrogens (primary N) is 1. The molecule has 0 amide bonds. The molecule has 16 heavy (non-hydrogen) atoms. The quantitative estimate of drug-likeness (QED) is 0.833. The summed E-state index contributed by atoms with van der Waals surface area (Å²) >= 11 is 0. The highest BCUT2D eigenvalue weighted by atomic mass is 15.0. The molecule has 0 bridgehead atoms. The Morgan fingerprint density at radius 1 is 1.44 bits per heavy atom. The van der Waals surface area contributed by atoms with Crippen LogP contribution in [0.3, 0.4) is 0 Å². The number of nitrogens with zero attached hydrogens (tertiary/aromatic N) is 1. The molecule has 0 spiro atoms. The fraction of sp³-hybridized carbons (Fsp3) is 0.714. The van der Waals surface area contributed by atoms with Crippen molar-refractivity contribution >= 4 is 0 Å². The largest absolute Gasteiger partial charge is 0.351 e. The molecule has 1 aliphatic rings. The van der Waals surface area contributed by atoms with Gasteiger partial charge in [0.25, 0.3) is 0 Å². The van der Waals surface area contributed by atoms with Gasteiger partial charge in [0.1, 0.15) is 0 Å². The molecule has 1 heterocycles. The first-order chi connectivity index (χ1) is 7.59. The van der Waals surface area contributed by atoms with Crippen LogP contribution < -0.4 is 5.73 Å². The smallest absolute Gasteiger partial charge is 0.0312 e. The van der Waals surface area contributed by atoms with Gasteiger partial charge in [0.15, 0.2) is 0 Å². The van der Waals surface area contributed by atoms with E-state index in [0.717, 1.165) is 24.8 Å². The highest BCUT2D eigenvalue weighted by molar-refractivity contribution is 5.28. The van der Waals surface area contributed by atoms with Gasteiger partial charge >= 0.3 is 0 Å². The van der Waals surface area contributed by atoms with Gasteiger partial charge in [0.2, 0.25) is 0 Å². The highest BCUT2D eigenvalue weighted by Crippen LogP contribution is 2.29. The molecule has 0 aliphatic heterocycles. The van der Waals surface area contributed by atoms with Crippen molar-refractivity contribution in [3.05, 3.63) is 23.5 Å². The van der Waals surface area contributed by atoms with Crippen molar-refractivity contribution in [3.63, 3.8) is 0 Å². The second kappa shape index (κ2) is 4.62. The molecule has 0 saturated heterocycles. The number of hydrogen-bond acceptors (Lipinski definition) is 1. The van der Waals surface area contributed by atoms with Crippen LogP contribution in [0.25, 0.3) is 0 Å². The van der Waals surface area contributed by atoms with Crippen molar-refractivity contribution in [1.82, 2.24) is 4.57 Å². The Morgan fingerprint density at radius 2 is 2.19 bits per heavy atom. The molecule has 2 heteroatoms. The Kier molecular flexibility index (Phi) is 3.38. The van der Waals surface area contributed by atoms with E-state index in [-0.39, 0.29) is 6.04 Å². The van der Waals surface area contributed by atoms with Gasteiger partial charge in [-0.15, -0.1) is 0 Å². The highest BCUT2D eigenvalue weighted by Gasteiger charge is 2.20. The molecule has 1 aromatic heterocycles. The fourth-order valence-corrected chi connectivity index (χ4v) is 2.48. The average molecular weight is 220 g/mol. The summed E-state index contributed by atoms with van der Waals surface area (Å²) in [5.41, 5.74) is 9.02. The minimum atomic E-state index is 0.277. The van der Waals surface area contributed by atoms with E-state index < -0.39 is 0 Å². The van der Waals surface area contributed by atoms with Crippen LogP contribution in [0.4, 0.5) is 0 Å². The number of aromatic nitrogens is 1. The van der Waals surface area contributed by atoms with Crippen LogP contribution >= 0.6 is 0 Å². The van der Waals surface area contributed by atoms with Gasteiger partial charge in [-0.25, -0.2) is 0 Å². The molecule has 0 fully saturated rings. The van der Waals surface area contributed by atoms with Crippen molar-refractivity contribution < 1.29 is 0 Å². The van der Waals surface area contributed by atoms with Crippen LogP contribution in [0, 0.1) is 11.8 Å². The van der Waals surface area contributed by atoms with Crippen molar-refractivity contribution in [1.29, 1.82) is 0 Å². The van der Waals surface area contributed by atoms with E-state index in [0.29, 0.717) is 0 Å². The number of rotatable bonds is 3. The van der Waals surface area contributed by atoms with E-state index >= 15 is 0 Å². The molecular weight excluding hydrogens is 196 g/mol. The van der Waals surface area contributed by atoms with Crippen molar-refractivity contribution in [2.45, 2.75) is 52.6 Å². The van der Waals surface area contributed by atoms with E-state index in [4.69, 9.17) is 5.73 Å². The zero-order valence-electron chi connectivity index (χ0n) is 10.7. The Balaban J connectivity index is 2.17. The van der Waals surface area contributed by atoms with Crippen molar-refractivity contribution in [3.8, 4) is 0 Å². The van der Waals surface area contributed by atoms with E-state index in [1.807, 2.05) is 0 Å². The summed E-state index contributed by atoms with van der Waals surface area (Å²) in [5.74, 6) is 1.48. The molecule has 90 valence electrons. The third kappa shape index (κ3) is 2.17. The summed E-state index contributed by atoms with van der Waals surface area (Å²) in [6, 6.07) is 2.51. The molecule has 2 N–H and O–H groups in total. The van der Waals surface area contributed by atoms with Gasteiger partial charge in [-0.05, 0) is 42.7 Å². The Hall–Kier alpha value is -0.760. The van der Waals surface area contributed by atoms with E-state index in [1.54, 1.807) is 0 Å². The van der Waals surface area contributed by atoms with E-state index in [1.165, 1.54) is 24.1 Å². The first-order valence-electron chi connectivity index (χ1n) is 6.53. The predicted octanol–water partition coefficient (Wildman–Crippen LogP) is 3.12. The van der Waals surface area contributed by atoms with Crippen LogP contribution in [0.1, 0.15) is 50.9 Å². The SMILES string of the molecule is CC(C)C(C)Cn1ccc2c1CCCC2N. The van der Waals surface area contributed by atoms with Gasteiger partial charge < -0.3 is 10.3 Å². The second-order valence-electron chi connectivity index (χ2n) is 5.59. The summed E-state index contributed by atoms with van der Waals surface area (Å²) in [5, 5.41) is 0. The van der Waals surface area contributed by atoms with Gasteiger partial charge in [-0.2, -0.15) is 0 Å².